The molecule has 6 nitrogen and oxygen atoms in total. The van der Waals surface area contributed by atoms with E-state index in [1.165, 1.54) is 0 Å². The van der Waals surface area contributed by atoms with Crippen molar-refractivity contribution in [2.24, 2.45) is 5.73 Å². The van der Waals surface area contributed by atoms with E-state index in [0.717, 1.165) is 6.42 Å². The average molecular weight is 198 g/mol. The molecule has 1 amide bonds. The van der Waals surface area contributed by atoms with Gasteiger partial charge in [-0.05, 0) is 6.42 Å². The standard InChI is InChI=1S/C8H14N4O2/c1-3-6(9)4-7(13)10-8-12-11-5(2)14-8/h6H,3-4,9H2,1-2H3,(H,10,12,13). The Kier molecular flexibility index (Phi) is 3.58. The number of aromatic nitrogens is 2. The fraction of sp³-hybridized carbons (Fsp3) is 0.625. The molecule has 1 aromatic rings. The molecule has 0 radical (unpaired) electrons. The largest absolute Gasteiger partial charge is 0.408 e. The molecule has 0 saturated heterocycles. The topological polar surface area (TPSA) is 94.0 Å². The molecule has 78 valence electrons. The molecule has 0 aliphatic carbocycles. The van der Waals surface area contributed by atoms with Gasteiger partial charge in [-0.25, -0.2) is 0 Å². The molecule has 14 heavy (non-hydrogen) atoms. The summed E-state index contributed by atoms with van der Waals surface area (Å²) in [5.74, 6) is 0.211. The number of nitrogens with zero attached hydrogens (tertiary/aromatic N) is 2. The van der Waals surface area contributed by atoms with E-state index >= 15 is 0 Å². The Bertz CT molecular complexity index is 310. The number of hydrogen-bond donors (Lipinski definition) is 2. The Hall–Kier alpha value is -1.43. The summed E-state index contributed by atoms with van der Waals surface area (Å²) < 4.78 is 4.97. The van der Waals surface area contributed by atoms with Crippen molar-refractivity contribution in [2.45, 2.75) is 32.7 Å². The van der Waals surface area contributed by atoms with E-state index in [9.17, 15) is 4.79 Å². The van der Waals surface area contributed by atoms with Crippen LogP contribution in [0.3, 0.4) is 0 Å². The first-order valence-corrected chi connectivity index (χ1v) is 4.47. The van der Waals surface area contributed by atoms with Crippen LogP contribution in [0.5, 0.6) is 0 Å². The van der Waals surface area contributed by atoms with Crippen molar-refractivity contribution >= 4 is 11.9 Å². The molecule has 1 rings (SSSR count). The maximum atomic E-state index is 11.3. The summed E-state index contributed by atoms with van der Waals surface area (Å²) in [5, 5.41) is 9.67. The third-order valence-electron chi connectivity index (χ3n) is 1.74. The van der Waals surface area contributed by atoms with Gasteiger partial charge in [0, 0.05) is 19.4 Å². The number of aryl methyl sites for hydroxylation is 1. The van der Waals surface area contributed by atoms with Crippen LogP contribution in [0.4, 0.5) is 6.01 Å². The van der Waals surface area contributed by atoms with Crippen molar-refractivity contribution in [3.8, 4) is 0 Å². The third kappa shape index (κ3) is 3.14. The Balaban J connectivity index is 2.41. The number of carbonyl (C=O) groups is 1. The summed E-state index contributed by atoms with van der Waals surface area (Å²) in [5.41, 5.74) is 5.61. The van der Waals surface area contributed by atoms with E-state index in [2.05, 4.69) is 15.5 Å². The number of anilines is 1. The quantitative estimate of drug-likeness (QED) is 0.732. The van der Waals surface area contributed by atoms with E-state index in [1.54, 1.807) is 6.92 Å². The number of amides is 1. The highest BCUT2D eigenvalue weighted by Gasteiger charge is 2.10. The number of carbonyl (C=O) groups excluding carboxylic acids is 1. The summed E-state index contributed by atoms with van der Waals surface area (Å²) in [4.78, 5) is 11.3. The smallest absolute Gasteiger partial charge is 0.322 e. The fourth-order valence-corrected chi connectivity index (χ4v) is 0.900. The van der Waals surface area contributed by atoms with Crippen molar-refractivity contribution in [3.05, 3.63) is 5.89 Å². The number of hydrogen-bond acceptors (Lipinski definition) is 5. The van der Waals surface area contributed by atoms with Crippen LogP contribution in [-0.4, -0.2) is 22.1 Å². The molecular weight excluding hydrogens is 184 g/mol. The number of nitrogens with two attached hydrogens (primary N) is 1. The van der Waals surface area contributed by atoms with Crippen LogP contribution >= 0.6 is 0 Å². The van der Waals surface area contributed by atoms with Crippen molar-refractivity contribution in [2.75, 3.05) is 5.32 Å². The van der Waals surface area contributed by atoms with Crippen molar-refractivity contribution in [1.82, 2.24) is 10.2 Å². The van der Waals surface area contributed by atoms with Crippen LogP contribution in [0.15, 0.2) is 4.42 Å². The second kappa shape index (κ2) is 4.71. The normalized spacial score (nSPS) is 12.5. The number of nitrogens with one attached hydrogen (secondary N) is 1. The first kappa shape index (κ1) is 10.6. The Labute approximate surface area is 81.9 Å². The minimum atomic E-state index is -0.206. The van der Waals surface area contributed by atoms with Crippen LogP contribution in [-0.2, 0) is 4.79 Å². The van der Waals surface area contributed by atoms with Gasteiger partial charge in [0.05, 0.1) is 0 Å². The molecule has 6 heteroatoms. The Morgan fingerprint density at radius 1 is 1.64 bits per heavy atom. The van der Waals surface area contributed by atoms with Crippen LogP contribution < -0.4 is 11.1 Å². The van der Waals surface area contributed by atoms with Gasteiger partial charge in [-0.3, -0.25) is 10.1 Å². The highest BCUT2D eigenvalue weighted by atomic mass is 16.4. The zero-order valence-electron chi connectivity index (χ0n) is 8.28. The fourth-order valence-electron chi connectivity index (χ4n) is 0.900. The molecule has 1 unspecified atom stereocenters. The molecular formula is C8H14N4O2. The minimum Gasteiger partial charge on any atom is -0.408 e. The first-order chi connectivity index (χ1) is 6.61. The highest BCUT2D eigenvalue weighted by Crippen LogP contribution is 2.05. The summed E-state index contributed by atoms with van der Waals surface area (Å²) >= 11 is 0. The van der Waals surface area contributed by atoms with E-state index < -0.39 is 0 Å². The predicted octanol–water partition coefficient (Wildman–Crippen LogP) is 0.444. The lowest BCUT2D eigenvalue weighted by Crippen LogP contribution is -2.26. The van der Waals surface area contributed by atoms with Crippen LogP contribution in [0, 0.1) is 6.92 Å². The average Bonchev–Trinajstić information content (AvgIpc) is 2.50. The van der Waals surface area contributed by atoms with Crippen LogP contribution in [0.2, 0.25) is 0 Å². The molecule has 1 heterocycles. The van der Waals surface area contributed by atoms with Crippen molar-refractivity contribution < 1.29 is 9.21 Å². The van der Waals surface area contributed by atoms with Crippen molar-refractivity contribution in [1.29, 1.82) is 0 Å². The molecule has 0 bridgehead atoms. The van der Waals surface area contributed by atoms with Crippen molar-refractivity contribution in [3.63, 3.8) is 0 Å². The molecule has 0 aromatic carbocycles. The van der Waals surface area contributed by atoms with Gasteiger partial charge < -0.3 is 10.2 Å². The van der Waals surface area contributed by atoms with E-state index in [-0.39, 0.29) is 24.4 Å². The SMILES string of the molecule is CCC(N)CC(=O)Nc1nnc(C)o1. The molecule has 1 atom stereocenters. The summed E-state index contributed by atoms with van der Waals surface area (Å²) in [6.45, 7) is 3.58. The summed E-state index contributed by atoms with van der Waals surface area (Å²) in [7, 11) is 0. The van der Waals surface area contributed by atoms with Gasteiger partial charge in [-0.15, -0.1) is 5.10 Å². The Morgan fingerprint density at radius 3 is 2.86 bits per heavy atom. The van der Waals surface area contributed by atoms with Crippen LogP contribution in [0.25, 0.3) is 0 Å². The maximum absolute atomic E-state index is 11.3. The second-order valence-corrected chi connectivity index (χ2v) is 3.05. The van der Waals surface area contributed by atoms with Crippen LogP contribution in [0.1, 0.15) is 25.7 Å². The third-order valence-corrected chi connectivity index (χ3v) is 1.74. The molecule has 0 spiro atoms. The lowest BCUT2D eigenvalue weighted by atomic mass is 10.2. The summed E-state index contributed by atoms with van der Waals surface area (Å²) in [6.07, 6.45) is 1.02. The molecule has 1 aromatic heterocycles. The highest BCUT2D eigenvalue weighted by molar-refractivity contribution is 5.88. The van der Waals surface area contributed by atoms with E-state index in [4.69, 9.17) is 10.2 Å². The lowest BCUT2D eigenvalue weighted by molar-refractivity contribution is -0.116. The van der Waals surface area contributed by atoms with E-state index in [1.807, 2.05) is 6.92 Å². The molecule has 3 N–H and O–H groups in total. The van der Waals surface area contributed by atoms with Gasteiger partial charge >= 0.3 is 6.01 Å². The first-order valence-electron chi connectivity index (χ1n) is 4.47. The summed E-state index contributed by atoms with van der Waals surface area (Å²) in [6, 6.07) is -0.00479. The minimum absolute atomic E-state index is 0.121. The number of rotatable bonds is 4. The molecule has 0 saturated carbocycles. The lowest BCUT2D eigenvalue weighted by Gasteiger charge is -2.06. The monoisotopic (exact) mass is 198 g/mol. The maximum Gasteiger partial charge on any atom is 0.322 e. The van der Waals surface area contributed by atoms with Gasteiger partial charge in [-0.2, -0.15) is 0 Å². The van der Waals surface area contributed by atoms with Gasteiger partial charge in [-0.1, -0.05) is 12.0 Å². The second-order valence-electron chi connectivity index (χ2n) is 3.05. The molecule has 0 aliphatic rings. The van der Waals surface area contributed by atoms with E-state index in [0.29, 0.717) is 5.89 Å². The Morgan fingerprint density at radius 2 is 2.36 bits per heavy atom. The predicted molar refractivity (Wildman–Crippen MR) is 50.5 cm³/mol. The van der Waals surface area contributed by atoms with Gasteiger partial charge in [0.15, 0.2) is 0 Å². The van der Waals surface area contributed by atoms with Gasteiger partial charge in [0.2, 0.25) is 11.8 Å². The van der Waals surface area contributed by atoms with Gasteiger partial charge in [0.1, 0.15) is 0 Å². The molecule has 0 aliphatic heterocycles. The zero-order valence-corrected chi connectivity index (χ0v) is 8.28. The molecule has 0 fully saturated rings. The zero-order chi connectivity index (χ0) is 10.6. The van der Waals surface area contributed by atoms with Gasteiger partial charge in [0.25, 0.3) is 0 Å².